The van der Waals surface area contributed by atoms with Gasteiger partial charge in [-0.2, -0.15) is 5.10 Å². The topological polar surface area (TPSA) is 88.1 Å². The van der Waals surface area contributed by atoms with Gasteiger partial charge in [0.15, 0.2) is 0 Å². The maximum absolute atomic E-state index is 14.4. The van der Waals surface area contributed by atoms with Crippen LogP contribution in [-0.2, 0) is 15.0 Å². The van der Waals surface area contributed by atoms with Crippen molar-refractivity contribution in [3.05, 3.63) is 129 Å². The molecule has 4 aliphatic rings. The molecule has 2 atom stereocenters. The average Bonchev–Trinajstić information content (AvgIpc) is 3.29. The molecule has 3 amide bonds. The Morgan fingerprint density at radius 1 is 0.929 bits per heavy atom. The van der Waals surface area contributed by atoms with Crippen LogP contribution in [0.15, 0.2) is 96.1 Å². The van der Waals surface area contributed by atoms with E-state index in [1.165, 1.54) is 12.0 Å². The molecule has 1 heterocycles. The zero-order valence-corrected chi connectivity index (χ0v) is 23.6. The van der Waals surface area contributed by atoms with Crippen LogP contribution in [-0.4, -0.2) is 31.0 Å². The minimum absolute atomic E-state index is 0.267. The number of nitrogens with zero attached hydrogens (tertiary/aromatic N) is 2. The summed E-state index contributed by atoms with van der Waals surface area (Å²) in [6, 6.07) is 27.8. The molecule has 1 fully saturated rings. The third-order valence-electron chi connectivity index (χ3n) is 8.86. The highest BCUT2D eigenvalue weighted by Gasteiger charge is 2.68. The average molecular weight is 576 g/mol. The SMILES string of the molecule is COc1cccc(C(=O)N/N=C\C23c4ccccc4C(c4ccccc42)[C@H]2C(=O)N(c4ccc(C)c(Cl)c4)C(=O)[C@H]23)c1. The van der Waals surface area contributed by atoms with Gasteiger partial charge in [-0.25, -0.2) is 10.3 Å². The van der Waals surface area contributed by atoms with E-state index >= 15 is 0 Å². The number of hydrazone groups is 1. The first-order valence-electron chi connectivity index (χ1n) is 13.7. The number of benzene rings is 4. The summed E-state index contributed by atoms with van der Waals surface area (Å²) in [6.07, 6.45) is 1.65. The molecule has 4 aromatic rings. The first-order valence-corrected chi connectivity index (χ1v) is 14.1. The van der Waals surface area contributed by atoms with Crippen molar-refractivity contribution in [1.29, 1.82) is 0 Å². The summed E-state index contributed by atoms with van der Waals surface area (Å²) in [4.78, 5) is 43.1. The highest BCUT2D eigenvalue weighted by atomic mass is 35.5. The number of aryl methyl sites for hydroxylation is 1. The van der Waals surface area contributed by atoms with E-state index in [1.807, 2.05) is 61.5 Å². The third-order valence-corrected chi connectivity index (χ3v) is 9.27. The standard InChI is InChI=1S/C34H26ClN3O4/c1-19-14-15-21(17-27(19)35)38-32(40)29-28-23-10-3-5-12-25(23)34(30(29)33(38)41,26-13-6-4-11-24(26)28)18-36-37-31(39)20-8-7-9-22(16-20)42-2/h3-18,28-30H,1-2H3,(H,37,39)/b36-18-/t28?,29-,30+,34?/m1/s1. The van der Waals surface area contributed by atoms with Crippen LogP contribution in [0.2, 0.25) is 5.02 Å². The number of carbonyl (C=O) groups excluding carboxylic acids is 3. The Morgan fingerprint density at radius 3 is 2.29 bits per heavy atom. The van der Waals surface area contributed by atoms with Crippen molar-refractivity contribution in [1.82, 2.24) is 5.43 Å². The van der Waals surface area contributed by atoms with Crippen molar-refractivity contribution in [2.24, 2.45) is 16.9 Å². The highest BCUT2D eigenvalue weighted by Crippen LogP contribution is 2.63. The Hall–Kier alpha value is -4.75. The maximum Gasteiger partial charge on any atom is 0.271 e. The summed E-state index contributed by atoms with van der Waals surface area (Å²) in [5.41, 5.74) is 6.99. The third kappa shape index (κ3) is 3.59. The number of carbonyl (C=O) groups is 3. The summed E-state index contributed by atoms with van der Waals surface area (Å²) in [6.45, 7) is 1.87. The lowest BCUT2D eigenvalue weighted by molar-refractivity contribution is -0.122. The summed E-state index contributed by atoms with van der Waals surface area (Å²) in [7, 11) is 1.53. The zero-order valence-electron chi connectivity index (χ0n) is 22.9. The Balaban J connectivity index is 1.38. The molecule has 7 nitrogen and oxygen atoms in total. The predicted molar refractivity (Wildman–Crippen MR) is 160 cm³/mol. The minimum Gasteiger partial charge on any atom is -0.497 e. The Morgan fingerprint density at radius 2 is 1.62 bits per heavy atom. The van der Waals surface area contributed by atoms with Crippen LogP contribution in [0.25, 0.3) is 0 Å². The molecule has 0 radical (unpaired) electrons. The van der Waals surface area contributed by atoms with Crippen molar-refractivity contribution < 1.29 is 19.1 Å². The van der Waals surface area contributed by atoms with E-state index in [0.717, 1.165) is 27.8 Å². The van der Waals surface area contributed by atoms with E-state index in [0.29, 0.717) is 22.0 Å². The van der Waals surface area contributed by atoms with Gasteiger partial charge >= 0.3 is 0 Å². The number of ether oxygens (including phenoxy) is 1. The lowest BCUT2D eigenvalue weighted by atomic mass is 9.47. The molecule has 1 N–H and O–H groups in total. The van der Waals surface area contributed by atoms with Crippen LogP contribution in [0.5, 0.6) is 5.75 Å². The van der Waals surface area contributed by atoms with E-state index < -0.39 is 23.2 Å². The molecule has 42 heavy (non-hydrogen) atoms. The zero-order chi connectivity index (χ0) is 29.2. The van der Waals surface area contributed by atoms with E-state index in [2.05, 4.69) is 10.5 Å². The molecule has 1 aliphatic heterocycles. The van der Waals surface area contributed by atoms with Gasteiger partial charge in [-0.05, 0) is 65.1 Å². The van der Waals surface area contributed by atoms with Crippen LogP contribution in [0.3, 0.4) is 0 Å². The molecule has 0 spiro atoms. The summed E-state index contributed by atoms with van der Waals surface area (Å²) in [5.74, 6) is -2.17. The van der Waals surface area contributed by atoms with Gasteiger partial charge in [0.05, 0.1) is 30.0 Å². The summed E-state index contributed by atoms with van der Waals surface area (Å²) < 4.78 is 5.25. The predicted octanol–water partition coefficient (Wildman–Crippen LogP) is 5.62. The van der Waals surface area contributed by atoms with E-state index in [9.17, 15) is 14.4 Å². The smallest absolute Gasteiger partial charge is 0.271 e. The molecule has 8 heteroatoms. The number of imide groups is 1. The number of amides is 3. The van der Waals surface area contributed by atoms with Gasteiger partial charge in [0.2, 0.25) is 11.8 Å². The van der Waals surface area contributed by atoms with Gasteiger partial charge in [0, 0.05) is 22.7 Å². The fourth-order valence-corrected chi connectivity index (χ4v) is 7.22. The first kappa shape index (κ1) is 26.2. The molecule has 0 saturated carbocycles. The molecule has 3 aliphatic carbocycles. The summed E-state index contributed by atoms with van der Waals surface area (Å²) >= 11 is 6.43. The van der Waals surface area contributed by atoms with Crippen LogP contribution >= 0.6 is 11.6 Å². The molecular formula is C34H26ClN3O4. The number of hydrogen-bond donors (Lipinski definition) is 1. The van der Waals surface area contributed by atoms with Crippen molar-refractivity contribution in [3.8, 4) is 5.75 Å². The number of anilines is 1. The van der Waals surface area contributed by atoms with Crippen molar-refractivity contribution in [3.63, 3.8) is 0 Å². The Bertz CT molecular complexity index is 1790. The maximum atomic E-state index is 14.4. The van der Waals surface area contributed by atoms with Crippen LogP contribution < -0.4 is 15.1 Å². The Labute approximate surface area is 247 Å². The number of nitrogens with one attached hydrogen (secondary N) is 1. The van der Waals surface area contributed by atoms with E-state index in [4.69, 9.17) is 16.3 Å². The number of methoxy groups -OCH3 is 1. The normalized spacial score (nSPS) is 23.5. The van der Waals surface area contributed by atoms with Crippen LogP contribution in [0.1, 0.15) is 44.1 Å². The summed E-state index contributed by atoms with van der Waals surface area (Å²) in [5, 5.41) is 4.95. The van der Waals surface area contributed by atoms with Crippen molar-refractivity contribution in [2.45, 2.75) is 18.3 Å². The molecule has 8 rings (SSSR count). The van der Waals surface area contributed by atoms with Gasteiger partial charge in [-0.1, -0.05) is 72.3 Å². The van der Waals surface area contributed by atoms with Crippen molar-refractivity contribution >= 4 is 41.2 Å². The molecule has 2 bridgehead atoms. The number of halogens is 1. The number of rotatable bonds is 5. The monoisotopic (exact) mass is 575 g/mol. The van der Waals surface area contributed by atoms with Gasteiger partial charge in [-0.3, -0.25) is 14.4 Å². The van der Waals surface area contributed by atoms with Gasteiger partial charge in [-0.15, -0.1) is 0 Å². The molecule has 208 valence electrons. The van der Waals surface area contributed by atoms with Crippen LogP contribution in [0, 0.1) is 18.8 Å². The lowest BCUT2D eigenvalue weighted by Gasteiger charge is -2.52. The minimum atomic E-state index is -1.09. The van der Waals surface area contributed by atoms with Crippen molar-refractivity contribution in [2.75, 3.05) is 12.0 Å². The van der Waals surface area contributed by atoms with Gasteiger partial charge in [0.1, 0.15) is 5.75 Å². The number of hydrogen-bond acceptors (Lipinski definition) is 5. The second-order valence-corrected chi connectivity index (χ2v) is 11.3. The fraction of sp³-hybridized carbons (Fsp3) is 0.176. The molecule has 1 saturated heterocycles. The molecular weight excluding hydrogens is 550 g/mol. The second-order valence-electron chi connectivity index (χ2n) is 10.9. The quantitative estimate of drug-likeness (QED) is 0.190. The molecule has 0 aromatic heterocycles. The fourth-order valence-electron chi connectivity index (χ4n) is 7.05. The molecule has 0 unspecified atom stereocenters. The van der Waals surface area contributed by atoms with E-state index in [1.54, 1.807) is 42.6 Å². The Kier molecular flexibility index (Phi) is 6.02. The van der Waals surface area contributed by atoms with Crippen LogP contribution in [0.4, 0.5) is 5.69 Å². The van der Waals surface area contributed by atoms with Gasteiger partial charge in [0.25, 0.3) is 5.91 Å². The van der Waals surface area contributed by atoms with Gasteiger partial charge < -0.3 is 4.74 Å². The lowest BCUT2D eigenvalue weighted by Crippen LogP contribution is -2.54. The largest absolute Gasteiger partial charge is 0.497 e. The van der Waals surface area contributed by atoms with E-state index in [-0.39, 0.29) is 17.7 Å². The first-order chi connectivity index (χ1) is 20.4. The second kappa shape index (κ2) is 9.67. The molecule has 4 aromatic carbocycles. The highest BCUT2D eigenvalue weighted by molar-refractivity contribution is 6.32.